The zero-order chi connectivity index (χ0) is 14.0. The van der Waals surface area contributed by atoms with Crippen LogP contribution in [0.5, 0.6) is 0 Å². The molecule has 0 saturated heterocycles. The molecule has 5 heteroatoms. The third-order valence-electron chi connectivity index (χ3n) is 2.83. The van der Waals surface area contributed by atoms with E-state index in [4.69, 9.17) is 0 Å². The Bertz CT molecular complexity index is 576. The van der Waals surface area contributed by atoms with Crippen LogP contribution in [0.1, 0.15) is 16.8 Å². The predicted molar refractivity (Wildman–Crippen MR) is 76.5 cm³/mol. The van der Waals surface area contributed by atoms with E-state index in [1.165, 1.54) is 0 Å². The van der Waals surface area contributed by atoms with E-state index in [1.54, 1.807) is 4.68 Å². The molecule has 1 aromatic carbocycles. The van der Waals surface area contributed by atoms with Crippen LogP contribution in [-0.2, 0) is 7.05 Å². The van der Waals surface area contributed by atoms with Crippen LogP contribution in [0.3, 0.4) is 0 Å². The zero-order valence-corrected chi connectivity index (χ0v) is 11.6. The number of nitrogens with one attached hydrogen (secondary N) is 2. The van der Waals surface area contributed by atoms with Gasteiger partial charge in [0.1, 0.15) is 0 Å². The average molecular weight is 258 g/mol. The van der Waals surface area contributed by atoms with Gasteiger partial charge in [-0.3, -0.25) is 10.00 Å². The fraction of sp³-hybridized carbons (Fsp3) is 0.286. The van der Waals surface area contributed by atoms with E-state index in [2.05, 4.69) is 21.8 Å². The van der Waals surface area contributed by atoms with Crippen LogP contribution in [-0.4, -0.2) is 15.8 Å². The molecular formula is C14H18N4O. The van der Waals surface area contributed by atoms with Crippen LogP contribution in [0.4, 0.5) is 16.3 Å². The van der Waals surface area contributed by atoms with Crippen molar-refractivity contribution in [3.05, 3.63) is 41.1 Å². The largest absolute Gasteiger partial charge is 0.324 e. The lowest BCUT2D eigenvalue weighted by atomic mass is 10.1. The third kappa shape index (κ3) is 3.34. The van der Waals surface area contributed by atoms with Crippen molar-refractivity contribution < 1.29 is 4.79 Å². The maximum absolute atomic E-state index is 11.9. The predicted octanol–water partition coefficient (Wildman–Crippen LogP) is 2.99. The Morgan fingerprint density at radius 1 is 1.05 bits per heavy atom. The van der Waals surface area contributed by atoms with E-state index in [0.717, 1.165) is 22.5 Å². The average Bonchev–Trinajstić information content (AvgIpc) is 2.55. The summed E-state index contributed by atoms with van der Waals surface area (Å²) in [5, 5.41) is 9.68. The highest BCUT2D eigenvalue weighted by Gasteiger charge is 2.06. The van der Waals surface area contributed by atoms with E-state index in [-0.39, 0.29) is 6.03 Å². The molecular weight excluding hydrogens is 240 g/mol. The van der Waals surface area contributed by atoms with E-state index in [9.17, 15) is 4.79 Å². The number of aromatic nitrogens is 2. The number of nitrogens with zero attached hydrogens (tertiary/aromatic N) is 2. The second kappa shape index (κ2) is 5.14. The van der Waals surface area contributed by atoms with Gasteiger partial charge >= 0.3 is 6.03 Å². The molecule has 2 N–H and O–H groups in total. The summed E-state index contributed by atoms with van der Waals surface area (Å²) in [4.78, 5) is 11.9. The highest BCUT2D eigenvalue weighted by molar-refractivity contribution is 5.99. The zero-order valence-electron chi connectivity index (χ0n) is 11.6. The molecule has 0 saturated carbocycles. The van der Waals surface area contributed by atoms with Gasteiger partial charge in [0.15, 0.2) is 5.82 Å². The summed E-state index contributed by atoms with van der Waals surface area (Å²) in [6.45, 7) is 5.93. The van der Waals surface area contributed by atoms with Gasteiger partial charge in [-0.15, -0.1) is 0 Å². The quantitative estimate of drug-likeness (QED) is 0.870. The van der Waals surface area contributed by atoms with Crippen molar-refractivity contribution in [2.24, 2.45) is 7.05 Å². The first-order valence-corrected chi connectivity index (χ1v) is 6.11. The molecule has 0 bridgehead atoms. The summed E-state index contributed by atoms with van der Waals surface area (Å²) in [6, 6.07) is 7.45. The summed E-state index contributed by atoms with van der Waals surface area (Å²) in [7, 11) is 1.84. The first kappa shape index (κ1) is 13.1. The van der Waals surface area contributed by atoms with Crippen molar-refractivity contribution >= 4 is 17.5 Å². The highest BCUT2D eigenvalue weighted by atomic mass is 16.2. The standard InChI is InChI=1S/C14H18N4O/c1-9-5-10(2)7-12(6-9)15-14(19)16-13-8-11(3)18(4)17-13/h5-8H,1-4H3,(H2,15,16,17,19). The van der Waals surface area contributed by atoms with Crippen molar-refractivity contribution in [2.45, 2.75) is 20.8 Å². The number of aryl methyl sites for hydroxylation is 4. The smallest absolute Gasteiger partial charge is 0.308 e. The normalized spacial score (nSPS) is 10.3. The molecule has 19 heavy (non-hydrogen) atoms. The number of hydrogen-bond acceptors (Lipinski definition) is 2. The second-order valence-corrected chi connectivity index (χ2v) is 4.75. The van der Waals surface area contributed by atoms with Crippen LogP contribution in [0.2, 0.25) is 0 Å². The molecule has 0 aliphatic heterocycles. The molecule has 5 nitrogen and oxygen atoms in total. The van der Waals surface area contributed by atoms with E-state index >= 15 is 0 Å². The Labute approximate surface area is 112 Å². The summed E-state index contributed by atoms with van der Waals surface area (Å²) in [6.07, 6.45) is 0. The molecule has 0 aliphatic rings. The maximum atomic E-state index is 11.9. The van der Waals surface area contributed by atoms with Gasteiger partial charge in [0, 0.05) is 24.5 Å². The van der Waals surface area contributed by atoms with Gasteiger partial charge in [0.2, 0.25) is 0 Å². The van der Waals surface area contributed by atoms with Crippen LogP contribution >= 0.6 is 0 Å². The molecule has 2 rings (SSSR count). The van der Waals surface area contributed by atoms with Crippen LogP contribution in [0, 0.1) is 20.8 Å². The molecule has 0 unspecified atom stereocenters. The maximum Gasteiger partial charge on any atom is 0.324 e. The minimum atomic E-state index is -0.289. The fourth-order valence-electron chi connectivity index (χ4n) is 1.95. The Balaban J connectivity index is 2.05. The number of amides is 2. The Morgan fingerprint density at radius 3 is 2.21 bits per heavy atom. The summed E-state index contributed by atoms with van der Waals surface area (Å²) >= 11 is 0. The number of urea groups is 1. The molecule has 0 fully saturated rings. The van der Waals surface area contributed by atoms with Crippen LogP contribution in [0.15, 0.2) is 24.3 Å². The highest BCUT2D eigenvalue weighted by Crippen LogP contribution is 2.14. The SMILES string of the molecule is Cc1cc(C)cc(NC(=O)Nc2cc(C)n(C)n2)c1. The van der Waals surface area contributed by atoms with Crippen molar-refractivity contribution in [2.75, 3.05) is 10.6 Å². The van der Waals surface area contributed by atoms with Crippen LogP contribution in [0.25, 0.3) is 0 Å². The molecule has 2 amide bonds. The minimum absolute atomic E-state index is 0.289. The van der Waals surface area contributed by atoms with Gasteiger partial charge in [-0.25, -0.2) is 4.79 Å². The van der Waals surface area contributed by atoms with Gasteiger partial charge in [-0.1, -0.05) is 6.07 Å². The lowest BCUT2D eigenvalue weighted by molar-refractivity contribution is 0.262. The number of benzene rings is 1. The summed E-state index contributed by atoms with van der Waals surface area (Å²) in [5.41, 5.74) is 4.00. The molecule has 2 aromatic rings. The van der Waals surface area contributed by atoms with Gasteiger partial charge in [0.05, 0.1) is 0 Å². The van der Waals surface area contributed by atoms with Gasteiger partial charge < -0.3 is 5.32 Å². The topological polar surface area (TPSA) is 59.0 Å². The van der Waals surface area contributed by atoms with Crippen LogP contribution < -0.4 is 10.6 Å². The van der Waals surface area contributed by atoms with E-state index in [0.29, 0.717) is 5.82 Å². The first-order valence-electron chi connectivity index (χ1n) is 6.11. The molecule has 100 valence electrons. The molecule has 0 radical (unpaired) electrons. The summed E-state index contributed by atoms with van der Waals surface area (Å²) < 4.78 is 1.71. The lowest BCUT2D eigenvalue weighted by Crippen LogP contribution is -2.19. The van der Waals surface area contributed by atoms with Gasteiger partial charge in [0.25, 0.3) is 0 Å². The molecule has 0 atom stereocenters. The Hall–Kier alpha value is -2.30. The summed E-state index contributed by atoms with van der Waals surface area (Å²) in [5.74, 6) is 0.543. The van der Waals surface area contributed by atoms with Gasteiger partial charge in [-0.2, -0.15) is 5.10 Å². The first-order chi connectivity index (χ1) is 8.94. The van der Waals surface area contributed by atoms with E-state index < -0.39 is 0 Å². The monoisotopic (exact) mass is 258 g/mol. The van der Waals surface area contributed by atoms with Crippen molar-refractivity contribution in [3.8, 4) is 0 Å². The minimum Gasteiger partial charge on any atom is -0.308 e. The number of rotatable bonds is 2. The number of carbonyl (C=O) groups excluding carboxylic acids is 1. The fourth-order valence-corrected chi connectivity index (χ4v) is 1.95. The lowest BCUT2D eigenvalue weighted by Gasteiger charge is -2.07. The molecule has 0 spiro atoms. The van der Waals surface area contributed by atoms with Crippen molar-refractivity contribution in [1.29, 1.82) is 0 Å². The second-order valence-electron chi connectivity index (χ2n) is 4.75. The van der Waals surface area contributed by atoms with E-state index in [1.807, 2.05) is 46.0 Å². The number of hydrogen-bond donors (Lipinski definition) is 2. The molecule has 0 aliphatic carbocycles. The Kier molecular flexibility index (Phi) is 3.55. The molecule has 1 aromatic heterocycles. The number of anilines is 2. The molecule has 1 heterocycles. The third-order valence-corrected chi connectivity index (χ3v) is 2.83. The number of carbonyl (C=O) groups is 1. The van der Waals surface area contributed by atoms with Gasteiger partial charge in [-0.05, 0) is 44.0 Å². The van der Waals surface area contributed by atoms with Crippen molar-refractivity contribution in [3.63, 3.8) is 0 Å². The Morgan fingerprint density at radius 2 is 1.68 bits per heavy atom. The van der Waals surface area contributed by atoms with Crippen molar-refractivity contribution in [1.82, 2.24) is 9.78 Å².